The van der Waals surface area contributed by atoms with E-state index in [1.165, 1.54) is 6.92 Å². The highest BCUT2D eigenvalue weighted by Gasteiger charge is 2.13. The number of carbonyl (C=O) groups excluding carboxylic acids is 1. The number of hydrogen-bond donors (Lipinski definition) is 2. The van der Waals surface area contributed by atoms with Gasteiger partial charge in [0.1, 0.15) is 0 Å². The number of halogens is 1. The average molecular weight is 284 g/mol. The molecule has 0 aromatic heterocycles. The Labute approximate surface area is 117 Å². The highest BCUT2D eigenvalue weighted by atomic mass is 35.5. The number of carbonyl (C=O) groups is 2. The fourth-order valence-electron chi connectivity index (χ4n) is 1.86. The van der Waals surface area contributed by atoms with Gasteiger partial charge in [-0.2, -0.15) is 0 Å². The second-order valence-electron chi connectivity index (χ2n) is 4.62. The first kappa shape index (κ1) is 15.5. The molecule has 1 aromatic carbocycles. The van der Waals surface area contributed by atoms with Gasteiger partial charge in [-0.15, -0.1) is 0 Å². The van der Waals surface area contributed by atoms with Crippen LogP contribution in [0.3, 0.4) is 0 Å². The molecule has 0 spiro atoms. The van der Waals surface area contributed by atoms with E-state index in [1.807, 2.05) is 25.1 Å². The van der Waals surface area contributed by atoms with Crippen molar-refractivity contribution in [1.29, 1.82) is 0 Å². The van der Waals surface area contributed by atoms with Crippen LogP contribution in [0.25, 0.3) is 0 Å². The molecule has 2 N–H and O–H groups in total. The van der Waals surface area contributed by atoms with Crippen molar-refractivity contribution in [2.75, 3.05) is 0 Å². The lowest BCUT2D eigenvalue weighted by Gasteiger charge is -2.17. The van der Waals surface area contributed by atoms with E-state index in [-0.39, 0.29) is 18.4 Å². The second-order valence-corrected chi connectivity index (χ2v) is 5.02. The maximum absolute atomic E-state index is 11.1. The Kier molecular flexibility index (Phi) is 5.83. The first-order chi connectivity index (χ1) is 8.88. The lowest BCUT2D eigenvalue weighted by atomic mass is 10.0. The summed E-state index contributed by atoms with van der Waals surface area (Å²) in [6, 6.07) is 5.52. The van der Waals surface area contributed by atoms with E-state index in [0.29, 0.717) is 17.9 Å². The number of aliphatic carboxylic acids is 1. The lowest BCUT2D eigenvalue weighted by molar-refractivity contribution is -0.137. The Morgan fingerprint density at radius 2 is 2.11 bits per heavy atom. The highest BCUT2D eigenvalue weighted by molar-refractivity contribution is 6.31. The first-order valence-electron chi connectivity index (χ1n) is 6.12. The number of benzene rings is 1. The third-order valence-electron chi connectivity index (χ3n) is 2.83. The average Bonchev–Trinajstić information content (AvgIpc) is 2.30. The van der Waals surface area contributed by atoms with Gasteiger partial charge >= 0.3 is 5.97 Å². The number of nitrogens with one attached hydrogen (secondary N) is 1. The Morgan fingerprint density at radius 1 is 1.42 bits per heavy atom. The first-order valence-corrected chi connectivity index (χ1v) is 6.50. The highest BCUT2D eigenvalue weighted by Crippen LogP contribution is 2.18. The molecule has 1 rings (SSSR count). The minimum absolute atomic E-state index is 0.0323. The van der Waals surface area contributed by atoms with Crippen molar-refractivity contribution in [1.82, 2.24) is 5.32 Å². The Hall–Kier alpha value is -1.55. The molecular formula is C14H18ClNO3. The van der Waals surface area contributed by atoms with Gasteiger partial charge in [-0.25, -0.2) is 0 Å². The summed E-state index contributed by atoms with van der Waals surface area (Å²) < 4.78 is 0. The van der Waals surface area contributed by atoms with Crippen LogP contribution in [0.5, 0.6) is 0 Å². The van der Waals surface area contributed by atoms with Crippen LogP contribution in [0.2, 0.25) is 5.02 Å². The van der Waals surface area contributed by atoms with Gasteiger partial charge in [0.05, 0.1) is 0 Å². The predicted octanol–water partition coefficient (Wildman–Crippen LogP) is 2.56. The molecule has 0 heterocycles. The molecule has 0 saturated heterocycles. The van der Waals surface area contributed by atoms with Crippen LogP contribution in [0.15, 0.2) is 18.2 Å². The zero-order chi connectivity index (χ0) is 14.4. The summed E-state index contributed by atoms with van der Waals surface area (Å²) in [4.78, 5) is 21.7. The third-order valence-corrected chi connectivity index (χ3v) is 3.24. The molecule has 19 heavy (non-hydrogen) atoms. The molecule has 0 bridgehead atoms. The number of carboxylic acids is 1. The standard InChI is InChI=1S/C14H18ClNO3/c1-9-3-4-11(8-13(9)15)7-12(16-10(2)17)5-6-14(18)19/h3-4,8,12H,5-7H2,1-2H3,(H,16,17)(H,18,19). The molecule has 0 saturated carbocycles. The van der Waals surface area contributed by atoms with Crippen LogP contribution < -0.4 is 5.32 Å². The zero-order valence-electron chi connectivity index (χ0n) is 11.1. The molecule has 0 aliphatic heterocycles. The summed E-state index contributed by atoms with van der Waals surface area (Å²) >= 11 is 6.05. The molecule has 0 aliphatic carbocycles. The topological polar surface area (TPSA) is 66.4 Å². The molecule has 0 aliphatic rings. The molecule has 4 nitrogen and oxygen atoms in total. The molecule has 1 amide bonds. The van der Waals surface area contributed by atoms with Crippen molar-refractivity contribution in [3.05, 3.63) is 34.3 Å². The van der Waals surface area contributed by atoms with Crippen molar-refractivity contribution < 1.29 is 14.7 Å². The molecule has 0 radical (unpaired) electrons. The molecule has 0 fully saturated rings. The quantitative estimate of drug-likeness (QED) is 0.843. The Balaban J connectivity index is 2.71. The van der Waals surface area contributed by atoms with Crippen LogP contribution in [0.4, 0.5) is 0 Å². The van der Waals surface area contributed by atoms with E-state index < -0.39 is 5.97 Å². The predicted molar refractivity (Wildman–Crippen MR) is 74.4 cm³/mol. The molecule has 1 aromatic rings. The van der Waals surface area contributed by atoms with E-state index in [0.717, 1.165) is 11.1 Å². The summed E-state index contributed by atoms with van der Waals surface area (Å²) in [5.41, 5.74) is 1.98. The number of aryl methyl sites for hydroxylation is 1. The molecule has 104 valence electrons. The SMILES string of the molecule is CC(=O)NC(CCC(=O)O)Cc1ccc(C)c(Cl)c1. The van der Waals surface area contributed by atoms with Gasteiger partial charge in [0.2, 0.25) is 5.91 Å². The minimum Gasteiger partial charge on any atom is -0.481 e. The van der Waals surface area contributed by atoms with E-state index in [2.05, 4.69) is 5.32 Å². The van der Waals surface area contributed by atoms with Crippen LogP contribution in [0.1, 0.15) is 30.9 Å². The fraction of sp³-hybridized carbons (Fsp3) is 0.429. The number of amides is 1. The van der Waals surface area contributed by atoms with Crippen LogP contribution >= 0.6 is 11.6 Å². The van der Waals surface area contributed by atoms with E-state index >= 15 is 0 Å². The van der Waals surface area contributed by atoms with Gasteiger partial charge in [-0.3, -0.25) is 9.59 Å². The molecule has 5 heteroatoms. The summed E-state index contributed by atoms with van der Waals surface area (Å²) in [5.74, 6) is -1.02. The van der Waals surface area contributed by atoms with Gasteiger partial charge in [0.25, 0.3) is 0 Å². The van der Waals surface area contributed by atoms with Crippen LogP contribution in [-0.4, -0.2) is 23.0 Å². The van der Waals surface area contributed by atoms with E-state index in [4.69, 9.17) is 16.7 Å². The smallest absolute Gasteiger partial charge is 0.303 e. The summed E-state index contributed by atoms with van der Waals surface area (Å²) in [6.45, 7) is 3.34. The Morgan fingerprint density at radius 3 is 2.63 bits per heavy atom. The van der Waals surface area contributed by atoms with Crippen molar-refractivity contribution in [3.8, 4) is 0 Å². The van der Waals surface area contributed by atoms with Crippen LogP contribution in [0, 0.1) is 6.92 Å². The monoisotopic (exact) mass is 283 g/mol. The van der Waals surface area contributed by atoms with Crippen molar-refractivity contribution in [2.45, 2.75) is 39.2 Å². The minimum atomic E-state index is -0.864. The molecule has 1 unspecified atom stereocenters. The normalized spacial score (nSPS) is 11.9. The van der Waals surface area contributed by atoms with E-state index in [9.17, 15) is 9.59 Å². The summed E-state index contributed by atoms with van der Waals surface area (Å²) in [7, 11) is 0. The third kappa shape index (κ3) is 5.75. The lowest BCUT2D eigenvalue weighted by Crippen LogP contribution is -2.35. The van der Waals surface area contributed by atoms with Gasteiger partial charge in [-0.1, -0.05) is 23.7 Å². The largest absolute Gasteiger partial charge is 0.481 e. The maximum atomic E-state index is 11.1. The fourth-order valence-corrected chi connectivity index (χ4v) is 2.06. The van der Waals surface area contributed by atoms with Gasteiger partial charge in [0, 0.05) is 24.4 Å². The van der Waals surface area contributed by atoms with Gasteiger partial charge in [-0.05, 0) is 37.0 Å². The summed E-state index contributed by atoms with van der Waals surface area (Å²) in [6.07, 6.45) is 1.01. The van der Waals surface area contributed by atoms with Crippen molar-refractivity contribution in [2.24, 2.45) is 0 Å². The summed E-state index contributed by atoms with van der Waals surface area (Å²) in [5, 5.41) is 12.2. The van der Waals surface area contributed by atoms with Gasteiger partial charge in [0.15, 0.2) is 0 Å². The van der Waals surface area contributed by atoms with E-state index in [1.54, 1.807) is 0 Å². The van der Waals surface area contributed by atoms with Gasteiger partial charge < -0.3 is 10.4 Å². The number of hydrogen-bond acceptors (Lipinski definition) is 2. The second kappa shape index (κ2) is 7.14. The molecular weight excluding hydrogens is 266 g/mol. The number of carboxylic acid groups (broad SMARTS) is 1. The van der Waals surface area contributed by atoms with Crippen molar-refractivity contribution in [3.63, 3.8) is 0 Å². The number of rotatable bonds is 6. The Bertz CT molecular complexity index is 474. The maximum Gasteiger partial charge on any atom is 0.303 e. The molecule has 1 atom stereocenters. The zero-order valence-corrected chi connectivity index (χ0v) is 11.8. The van der Waals surface area contributed by atoms with Crippen LogP contribution in [-0.2, 0) is 16.0 Å². The van der Waals surface area contributed by atoms with Crippen molar-refractivity contribution >= 4 is 23.5 Å².